The molecule has 0 aliphatic rings. The third kappa shape index (κ3) is 3.93. The molecule has 0 aromatic carbocycles. The summed E-state index contributed by atoms with van der Waals surface area (Å²) in [7, 11) is 0. The lowest BCUT2D eigenvalue weighted by Gasteiger charge is -2.09. The van der Waals surface area contributed by atoms with Gasteiger partial charge in [-0.3, -0.25) is 9.59 Å². The molecular formula is C11H17N5O2. The summed E-state index contributed by atoms with van der Waals surface area (Å²) in [5, 5.41) is 5.60. The molecule has 0 aliphatic carbocycles. The quantitative estimate of drug-likeness (QED) is 0.552. The van der Waals surface area contributed by atoms with Crippen LogP contribution in [0.15, 0.2) is 12.3 Å². The lowest BCUT2D eigenvalue weighted by molar-refractivity contribution is -0.120. The molecule has 2 amide bonds. The molecule has 0 fully saturated rings. The first-order valence-corrected chi connectivity index (χ1v) is 5.60. The summed E-state index contributed by atoms with van der Waals surface area (Å²) in [6.45, 7) is 2.83. The molecule has 7 heteroatoms. The lowest BCUT2D eigenvalue weighted by atomic mass is 10.2. The number of hydrogen-bond acceptors (Lipinski definition) is 5. The van der Waals surface area contributed by atoms with E-state index in [0.717, 1.165) is 0 Å². The van der Waals surface area contributed by atoms with Crippen molar-refractivity contribution in [3.05, 3.63) is 17.8 Å². The highest BCUT2D eigenvalue weighted by atomic mass is 16.1. The maximum Gasteiger partial charge on any atom is 0.250 e. The lowest BCUT2D eigenvalue weighted by Crippen LogP contribution is -2.25. The standard InChI is InChI=1S/C11H17N5O2/c1-2-14-10(17)3-4-15-8-6-16-9(12)5-7(8)11(13)18/h5-6,15H,2-4H2,1H3,(H2,12,16)(H2,13,18)(H,14,17). The number of rotatable bonds is 6. The summed E-state index contributed by atoms with van der Waals surface area (Å²) in [4.78, 5) is 26.3. The normalized spacial score (nSPS) is 9.83. The summed E-state index contributed by atoms with van der Waals surface area (Å²) in [5.41, 5.74) is 11.4. The van der Waals surface area contributed by atoms with Gasteiger partial charge in [0.2, 0.25) is 5.91 Å². The van der Waals surface area contributed by atoms with Crippen molar-refractivity contribution in [2.24, 2.45) is 5.73 Å². The predicted octanol–water partition coefficient (Wildman–Crippen LogP) is -0.299. The molecule has 7 nitrogen and oxygen atoms in total. The van der Waals surface area contributed by atoms with Crippen LogP contribution in [0.3, 0.4) is 0 Å². The Morgan fingerprint density at radius 3 is 2.78 bits per heavy atom. The number of hydrogen-bond donors (Lipinski definition) is 4. The van der Waals surface area contributed by atoms with Gasteiger partial charge in [-0.25, -0.2) is 4.98 Å². The number of nitrogens with zero attached hydrogens (tertiary/aromatic N) is 1. The van der Waals surface area contributed by atoms with Crippen molar-refractivity contribution in [2.75, 3.05) is 24.1 Å². The summed E-state index contributed by atoms with van der Waals surface area (Å²) < 4.78 is 0. The first kappa shape index (κ1) is 13.8. The first-order valence-electron chi connectivity index (χ1n) is 5.60. The van der Waals surface area contributed by atoms with Crippen LogP contribution >= 0.6 is 0 Å². The van der Waals surface area contributed by atoms with Crippen LogP contribution in [-0.2, 0) is 4.79 Å². The molecule has 1 aromatic rings. The van der Waals surface area contributed by atoms with E-state index in [0.29, 0.717) is 25.2 Å². The van der Waals surface area contributed by atoms with Crippen molar-refractivity contribution in [1.82, 2.24) is 10.3 Å². The van der Waals surface area contributed by atoms with Crippen LogP contribution in [0.5, 0.6) is 0 Å². The minimum absolute atomic E-state index is 0.0611. The maximum atomic E-state index is 11.2. The fourth-order valence-corrected chi connectivity index (χ4v) is 1.41. The van der Waals surface area contributed by atoms with E-state index in [1.807, 2.05) is 6.92 Å². The molecule has 0 radical (unpaired) electrons. The average Bonchev–Trinajstić information content (AvgIpc) is 2.31. The van der Waals surface area contributed by atoms with Crippen LogP contribution in [0.25, 0.3) is 0 Å². The van der Waals surface area contributed by atoms with Crippen molar-refractivity contribution in [2.45, 2.75) is 13.3 Å². The fraction of sp³-hybridized carbons (Fsp3) is 0.364. The van der Waals surface area contributed by atoms with Crippen LogP contribution in [0.4, 0.5) is 11.5 Å². The molecule has 6 N–H and O–H groups in total. The molecule has 0 aliphatic heterocycles. The Morgan fingerprint density at radius 1 is 1.44 bits per heavy atom. The predicted molar refractivity (Wildman–Crippen MR) is 69.0 cm³/mol. The van der Waals surface area contributed by atoms with Crippen molar-refractivity contribution in [1.29, 1.82) is 0 Å². The zero-order chi connectivity index (χ0) is 13.5. The smallest absolute Gasteiger partial charge is 0.250 e. The van der Waals surface area contributed by atoms with Crippen LogP contribution in [0, 0.1) is 0 Å². The van der Waals surface area contributed by atoms with E-state index in [9.17, 15) is 9.59 Å². The zero-order valence-corrected chi connectivity index (χ0v) is 10.2. The van der Waals surface area contributed by atoms with Crippen molar-refractivity contribution >= 4 is 23.3 Å². The van der Waals surface area contributed by atoms with E-state index < -0.39 is 5.91 Å². The maximum absolute atomic E-state index is 11.2. The number of nitrogens with two attached hydrogens (primary N) is 2. The van der Waals surface area contributed by atoms with Crippen molar-refractivity contribution in [3.63, 3.8) is 0 Å². The minimum atomic E-state index is -0.593. The Labute approximate surface area is 105 Å². The summed E-state index contributed by atoms with van der Waals surface area (Å²) in [5.74, 6) is -0.434. The van der Waals surface area contributed by atoms with Crippen molar-refractivity contribution in [3.8, 4) is 0 Å². The SMILES string of the molecule is CCNC(=O)CCNc1cnc(N)cc1C(N)=O. The number of nitrogen functional groups attached to an aromatic ring is 1. The third-order valence-electron chi connectivity index (χ3n) is 2.23. The van der Waals surface area contributed by atoms with Gasteiger partial charge in [-0.15, -0.1) is 0 Å². The second-order valence-electron chi connectivity index (χ2n) is 3.65. The molecule has 0 saturated carbocycles. The zero-order valence-electron chi connectivity index (χ0n) is 10.2. The molecule has 1 aromatic heterocycles. The van der Waals surface area contributed by atoms with Gasteiger partial charge in [-0.05, 0) is 13.0 Å². The number of nitrogens with one attached hydrogen (secondary N) is 2. The second-order valence-corrected chi connectivity index (χ2v) is 3.65. The molecule has 0 unspecified atom stereocenters. The van der Waals surface area contributed by atoms with Gasteiger partial charge in [0.05, 0.1) is 17.4 Å². The Balaban J connectivity index is 2.62. The number of aromatic nitrogens is 1. The van der Waals surface area contributed by atoms with Crippen molar-refractivity contribution < 1.29 is 9.59 Å². The molecule has 0 spiro atoms. The van der Waals surface area contributed by atoms with Crippen LogP contribution in [0.2, 0.25) is 0 Å². The van der Waals surface area contributed by atoms with Crippen LogP contribution in [0.1, 0.15) is 23.7 Å². The van der Waals surface area contributed by atoms with Gasteiger partial charge in [0, 0.05) is 19.5 Å². The van der Waals surface area contributed by atoms with Gasteiger partial charge < -0.3 is 22.1 Å². The molecule has 18 heavy (non-hydrogen) atoms. The fourth-order valence-electron chi connectivity index (χ4n) is 1.41. The Hall–Kier alpha value is -2.31. The number of pyridine rings is 1. The third-order valence-corrected chi connectivity index (χ3v) is 2.23. The van der Waals surface area contributed by atoms with E-state index in [1.165, 1.54) is 12.3 Å². The summed E-state index contributed by atoms with van der Waals surface area (Å²) in [6, 6.07) is 1.40. The molecule has 98 valence electrons. The van der Waals surface area contributed by atoms with E-state index in [-0.39, 0.29) is 17.3 Å². The van der Waals surface area contributed by atoms with Gasteiger partial charge in [0.15, 0.2) is 0 Å². The minimum Gasteiger partial charge on any atom is -0.384 e. The van der Waals surface area contributed by atoms with Gasteiger partial charge >= 0.3 is 0 Å². The summed E-state index contributed by atoms with van der Waals surface area (Å²) >= 11 is 0. The topological polar surface area (TPSA) is 123 Å². The van der Waals surface area contributed by atoms with Gasteiger partial charge in [0.1, 0.15) is 5.82 Å². The second kappa shape index (κ2) is 6.43. The van der Waals surface area contributed by atoms with Crippen LogP contribution in [-0.4, -0.2) is 29.9 Å². The number of carbonyl (C=O) groups excluding carboxylic acids is 2. The Kier molecular flexibility index (Phi) is 4.91. The highest BCUT2D eigenvalue weighted by Crippen LogP contribution is 2.15. The molecule has 1 rings (SSSR count). The molecule has 1 heterocycles. The number of carbonyl (C=O) groups is 2. The van der Waals surface area contributed by atoms with E-state index in [2.05, 4.69) is 15.6 Å². The van der Waals surface area contributed by atoms with E-state index >= 15 is 0 Å². The number of primary amides is 1. The molecule has 0 bridgehead atoms. The number of anilines is 2. The Morgan fingerprint density at radius 2 is 2.17 bits per heavy atom. The molecular weight excluding hydrogens is 234 g/mol. The van der Waals surface area contributed by atoms with Gasteiger partial charge in [-0.1, -0.05) is 0 Å². The van der Waals surface area contributed by atoms with E-state index in [1.54, 1.807) is 0 Å². The molecule has 0 saturated heterocycles. The molecule has 0 atom stereocenters. The average molecular weight is 251 g/mol. The largest absolute Gasteiger partial charge is 0.384 e. The van der Waals surface area contributed by atoms with Gasteiger partial charge in [0.25, 0.3) is 5.91 Å². The van der Waals surface area contributed by atoms with Gasteiger partial charge in [-0.2, -0.15) is 0 Å². The highest BCUT2D eigenvalue weighted by Gasteiger charge is 2.09. The van der Waals surface area contributed by atoms with Crippen LogP contribution < -0.4 is 22.1 Å². The monoisotopic (exact) mass is 251 g/mol. The number of amides is 2. The first-order chi connectivity index (χ1) is 8.54. The Bertz CT molecular complexity index is 447. The summed E-state index contributed by atoms with van der Waals surface area (Å²) in [6.07, 6.45) is 1.73. The highest BCUT2D eigenvalue weighted by molar-refractivity contribution is 5.99. The van der Waals surface area contributed by atoms with E-state index in [4.69, 9.17) is 11.5 Å².